The van der Waals surface area contributed by atoms with Crippen molar-refractivity contribution in [2.45, 2.75) is 12.1 Å². The molecule has 0 saturated carbocycles. The average Bonchev–Trinajstić information content (AvgIpc) is 2.63. The molecule has 0 unspecified atom stereocenters. The Morgan fingerprint density at radius 1 is 1.33 bits per heavy atom. The van der Waals surface area contributed by atoms with Gasteiger partial charge in [0, 0.05) is 13.1 Å². The van der Waals surface area contributed by atoms with Gasteiger partial charge in [0.2, 0.25) is 11.8 Å². The number of aliphatic hydroxyl groups excluding tert-OH is 1. The van der Waals surface area contributed by atoms with E-state index in [0.717, 1.165) is 0 Å². The molecule has 2 N–H and O–H groups in total. The fraction of sp³-hybridized carbons (Fsp3) is 0.438. The number of benzene rings is 1. The first-order valence-corrected chi connectivity index (χ1v) is 7.70. The molecule has 8 heteroatoms. The zero-order valence-electron chi connectivity index (χ0n) is 13.3. The molecule has 3 amide bonds. The molecule has 2 fully saturated rings. The molecule has 2 atom stereocenters. The predicted molar refractivity (Wildman–Crippen MR) is 83.4 cm³/mol. The highest BCUT2D eigenvalue weighted by molar-refractivity contribution is 6.00. The van der Waals surface area contributed by atoms with Gasteiger partial charge >= 0.3 is 0 Å². The second-order valence-corrected chi connectivity index (χ2v) is 5.74. The Kier molecular flexibility index (Phi) is 4.39. The van der Waals surface area contributed by atoms with Gasteiger partial charge in [-0.1, -0.05) is 12.1 Å². The van der Waals surface area contributed by atoms with Crippen molar-refractivity contribution in [3.05, 3.63) is 29.8 Å². The van der Waals surface area contributed by atoms with Gasteiger partial charge in [0.1, 0.15) is 17.8 Å². The number of rotatable bonds is 3. The molecule has 3 rings (SSSR count). The molecular formula is C16H19N3O5. The molecule has 0 radical (unpaired) electrons. The molecule has 2 aliphatic heterocycles. The number of ether oxygens (including phenoxy) is 1. The first-order valence-electron chi connectivity index (χ1n) is 7.70. The van der Waals surface area contributed by atoms with E-state index < -0.39 is 18.7 Å². The van der Waals surface area contributed by atoms with Crippen molar-refractivity contribution in [1.29, 1.82) is 0 Å². The molecule has 8 nitrogen and oxygen atoms in total. The Bertz CT molecular complexity index is 677. The van der Waals surface area contributed by atoms with Gasteiger partial charge in [-0.05, 0) is 12.1 Å². The van der Waals surface area contributed by atoms with Gasteiger partial charge in [0.25, 0.3) is 5.91 Å². The topological polar surface area (TPSA) is 99.2 Å². The summed E-state index contributed by atoms with van der Waals surface area (Å²) in [4.78, 5) is 40.1. The van der Waals surface area contributed by atoms with Crippen LogP contribution in [-0.2, 0) is 9.59 Å². The Balaban J connectivity index is 1.78. The molecule has 128 valence electrons. The van der Waals surface area contributed by atoms with E-state index in [1.54, 1.807) is 29.2 Å². The van der Waals surface area contributed by atoms with Crippen LogP contribution in [0.25, 0.3) is 0 Å². The van der Waals surface area contributed by atoms with Crippen LogP contribution >= 0.6 is 0 Å². The predicted octanol–water partition coefficient (Wildman–Crippen LogP) is -1.16. The van der Waals surface area contributed by atoms with Crippen LogP contribution in [0.1, 0.15) is 10.4 Å². The third-order valence-corrected chi connectivity index (χ3v) is 4.39. The number of hydrogen-bond acceptors (Lipinski definition) is 5. The molecule has 0 aliphatic carbocycles. The first-order chi connectivity index (χ1) is 11.6. The van der Waals surface area contributed by atoms with Crippen LogP contribution < -0.4 is 10.1 Å². The van der Waals surface area contributed by atoms with Crippen molar-refractivity contribution in [2.24, 2.45) is 0 Å². The smallest absolute Gasteiger partial charge is 0.257 e. The van der Waals surface area contributed by atoms with E-state index in [1.807, 2.05) is 0 Å². The van der Waals surface area contributed by atoms with E-state index in [4.69, 9.17) is 4.74 Å². The van der Waals surface area contributed by atoms with Crippen molar-refractivity contribution in [3.8, 4) is 5.75 Å². The number of piperazine rings is 2. The lowest BCUT2D eigenvalue weighted by molar-refractivity contribution is -0.153. The maximum Gasteiger partial charge on any atom is 0.257 e. The SMILES string of the molecule is COc1ccccc1C(=O)N1CCN2C(=O)[C@@H](CO)NC(=O)[C@H]2C1. The minimum absolute atomic E-state index is 0.118. The van der Waals surface area contributed by atoms with Crippen molar-refractivity contribution >= 4 is 17.7 Å². The minimum atomic E-state index is -0.898. The molecule has 0 bridgehead atoms. The quantitative estimate of drug-likeness (QED) is 0.727. The zero-order chi connectivity index (χ0) is 17.3. The van der Waals surface area contributed by atoms with Gasteiger partial charge in [-0.3, -0.25) is 14.4 Å². The molecule has 2 saturated heterocycles. The Labute approximate surface area is 139 Å². The lowest BCUT2D eigenvalue weighted by Crippen LogP contribution is -2.70. The van der Waals surface area contributed by atoms with Crippen molar-refractivity contribution in [1.82, 2.24) is 15.1 Å². The van der Waals surface area contributed by atoms with Crippen LogP contribution in [0.5, 0.6) is 5.75 Å². The first kappa shape index (κ1) is 16.3. The summed E-state index contributed by atoms with van der Waals surface area (Å²) in [6.07, 6.45) is 0. The van der Waals surface area contributed by atoms with Gasteiger partial charge < -0.3 is 25.0 Å². The van der Waals surface area contributed by atoms with Crippen LogP contribution in [0.4, 0.5) is 0 Å². The standard InChI is InChI=1S/C16H19N3O5/c1-24-13-5-3-2-4-10(13)15(22)18-6-7-19-12(8-18)14(21)17-11(9-20)16(19)23/h2-5,11-12,20H,6-9H2,1H3,(H,17,21)/t11-,12-/m1/s1. The summed E-state index contributed by atoms with van der Waals surface area (Å²) in [5.74, 6) is -0.441. The number of hydrogen-bond donors (Lipinski definition) is 2. The van der Waals surface area contributed by atoms with Crippen molar-refractivity contribution in [2.75, 3.05) is 33.4 Å². The van der Waals surface area contributed by atoms with E-state index in [-0.39, 0.29) is 30.8 Å². The molecule has 24 heavy (non-hydrogen) atoms. The van der Waals surface area contributed by atoms with Crippen LogP contribution in [0.2, 0.25) is 0 Å². The van der Waals surface area contributed by atoms with Gasteiger partial charge in [-0.15, -0.1) is 0 Å². The minimum Gasteiger partial charge on any atom is -0.496 e. The number of amides is 3. The van der Waals surface area contributed by atoms with E-state index in [1.165, 1.54) is 12.0 Å². The zero-order valence-corrected chi connectivity index (χ0v) is 13.3. The number of methoxy groups -OCH3 is 1. The number of carbonyl (C=O) groups is 3. The van der Waals surface area contributed by atoms with Crippen LogP contribution in [0.3, 0.4) is 0 Å². The molecule has 0 aromatic heterocycles. The Morgan fingerprint density at radius 3 is 2.79 bits per heavy atom. The molecule has 0 spiro atoms. The molecule has 2 aliphatic rings. The number of fused-ring (bicyclic) bond motifs is 1. The second-order valence-electron chi connectivity index (χ2n) is 5.74. The third kappa shape index (κ3) is 2.69. The lowest BCUT2D eigenvalue weighted by Gasteiger charge is -2.44. The van der Waals surface area contributed by atoms with Crippen LogP contribution in [-0.4, -0.2) is 78.1 Å². The number of para-hydroxylation sites is 1. The highest BCUT2D eigenvalue weighted by Crippen LogP contribution is 2.22. The summed E-state index contributed by atoms with van der Waals surface area (Å²) >= 11 is 0. The summed E-state index contributed by atoms with van der Waals surface area (Å²) < 4.78 is 5.21. The summed E-state index contributed by atoms with van der Waals surface area (Å²) in [5.41, 5.74) is 0.421. The van der Waals surface area contributed by atoms with Gasteiger partial charge in [-0.2, -0.15) is 0 Å². The highest BCUT2D eigenvalue weighted by atomic mass is 16.5. The summed E-state index contributed by atoms with van der Waals surface area (Å²) in [7, 11) is 1.49. The maximum atomic E-state index is 12.7. The summed E-state index contributed by atoms with van der Waals surface area (Å²) in [6.45, 7) is 0.267. The molecule has 1 aromatic carbocycles. The number of nitrogens with zero attached hydrogens (tertiary/aromatic N) is 2. The fourth-order valence-corrected chi connectivity index (χ4v) is 3.10. The average molecular weight is 333 g/mol. The molecular weight excluding hydrogens is 314 g/mol. The highest BCUT2D eigenvalue weighted by Gasteiger charge is 2.44. The van der Waals surface area contributed by atoms with E-state index in [0.29, 0.717) is 17.9 Å². The van der Waals surface area contributed by atoms with E-state index in [2.05, 4.69) is 5.32 Å². The van der Waals surface area contributed by atoms with Crippen molar-refractivity contribution < 1.29 is 24.2 Å². The lowest BCUT2D eigenvalue weighted by atomic mass is 10.0. The number of carbonyl (C=O) groups excluding carboxylic acids is 3. The second kappa shape index (κ2) is 6.48. The van der Waals surface area contributed by atoms with Crippen molar-refractivity contribution in [3.63, 3.8) is 0 Å². The van der Waals surface area contributed by atoms with Gasteiger partial charge in [0.05, 0.1) is 25.8 Å². The summed E-state index contributed by atoms with van der Waals surface area (Å²) in [5, 5.41) is 11.7. The van der Waals surface area contributed by atoms with E-state index >= 15 is 0 Å². The Morgan fingerprint density at radius 2 is 2.08 bits per heavy atom. The number of nitrogens with one attached hydrogen (secondary N) is 1. The monoisotopic (exact) mass is 333 g/mol. The van der Waals surface area contributed by atoms with Crippen LogP contribution in [0, 0.1) is 0 Å². The van der Waals surface area contributed by atoms with Gasteiger partial charge in [-0.25, -0.2) is 0 Å². The maximum absolute atomic E-state index is 12.7. The largest absolute Gasteiger partial charge is 0.496 e. The fourth-order valence-electron chi connectivity index (χ4n) is 3.10. The molecule has 1 aromatic rings. The Hall–Kier alpha value is -2.61. The summed E-state index contributed by atoms with van der Waals surface area (Å²) in [6, 6.07) is 5.26. The molecule has 2 heterocycles. The number of aliphatic hydroxyl groups is 1. The normalized spacial score (nSPS) is 23.6. The van der Waals surface area contributed by atoms with Gasteiger partial charge in [0.15, 0.2) is 0 Å². The van der Waals surface area contributed by atoms with E-state index in [9.17, 15) is 19.5 Å². The third-order valence-electron chi connectivity index (χ3n) is 4.39. The van der Waals surface area contributed by atoms with Crippen LogP contribution in [0.15, 0.2) is 24.3 Å².